The first-order valence-electron chi connectivity index (χ1n) is 7.55. The number of carboxylic acid groups (broad SMARTS) is 1. The van der Waals surface area contributed by atoms with Gasteiger partial charge in [0.25, 0.3) is 0 Å². The summed E-state index contributed by atoms with van der Waals surface area (Å²) in [6.07, 6.45) is 7.94. The molecule has 0 heterocycles. The van der Waals surface area contributed by atoms with Crippen molar-refractivity contribution in [3.8, 4) is 0 Å². The van der Waals surface area contributed by atoms with Crippen molar-refractivity contribution < 1.29 is 14.7 Å². The van der Waals surface area contributed by atoms with E-state index < -0.39 is 12.0 Å². The molecule has 4 heteroatoms. The zero-order chi connectivity index (χ0) is 14.7. The zero-order valence-corrected chi connectivity index (χ0v) is 12.6. The summed E-state index contributed by atoms with van der Waals surface area (Å²) in [5.41, 5.74) is 0. The average molecular weight is 271 g/mol. The third-order valence-corrected chi connectivity index (χ3v) is 3.55. The molecule has 0 aliphatic carbocycles. The number of carbonyl (C=O) groups is 2. The van der Waals surface area contributed by atoms with E-state index in [1.807, 2.05) is 13.8 Å². The van der Waals surface area contributed by atoms with Gasteiger partial charge in [0.05, 0.1) is 0 Å². The second kappa shape index (κ2) is 10.8. The molecular weight excluding hydrogens is 242 g/mol. The van der Waals surface area contributed by atoms with Crippen LogP contribution in [-0.4, -0.2) is 23.0 Å². The predicted molar refractivity (Wildman–Crippen MR) is 77.0 cm³/mol. The normalized spacial score (nSPS) is 13.8. The summed E-state index contributed by atoms with van der Waals surface area (Å²) in [6, 6.07) is -0.752. The van der Waals surface area contributed by atoms with Crippen molar-refractivity contribution in [1.82, 2.24) is 5.32 Å². The Kier molecular flexibility index (Phi) is 10.2. The monoisotopic (exact) mass is 271 g/mol. The van der Waals surface area contributed by atoms with Gasteiger partial charge >= 0.3 is 5.97 Å². The van der Waals surface area contributed by atoms with Gasteiger partial charge in [0, 0.05) is 6.42 Å². The lowest BCUT2D eigenvalue weighted by molar-refractivity contribution is -0.143. The topological polar surface area (TPSA) is 66.4 Å². The summed E-state index contributed by atoms with van der Waals surface area (Å²) in [5, 5.41) is 11.7. The van der Waals surface area contributed by atoms with E-state index in [0.29, 0.717) is 6.42 Å². The first-order valence-corrected chi connectivity index (χ1v) is 7.55. The van der Waals surface area contributed by atoms with Crippen LogP contribution in [0.15, 0.2) is 0 Å². The summed E-state index contributed by atoms with van der Waals surface area (Å²) in [4.78, 5) is 22.8. The van der Waals surface area contributed by atoms with Crippen molar-refractivity contribution >= 4 is 11.9 Å². The number of aliphatic carboxylic acids is 1. The summed E-state index contributed by atoms with van der Waals surface area (Å²) in [7, 11) is 0. The molecule has 2 atom stereocenters. The molecule has 0 rings (SSSR count). The third-order valence-electron chi connectivity index (χ3n) is 3.55. The van der Waals surface area contributed by atoms with Crippen LogP contribution in [0.4, 0.5) is 0 Å². The minimum atomic E-state index is -0.939. The maximum Gasteiger partial charge on any atom is 0.326 e. The molecule has 1 amide bonds. The number of unbranched alkanes of at least 4 members (excludes halogenated alkanes) is 5. The van der Waals surface area contributed by atoms with Crippen LogP contribution < -0.4 is 5.32 Å². The van der Waals surface area contributed by atoms with Crippen molar-refractivity contribution in [3.63, 3.8) is 0 Å². The zero-order valence-electron chi connectivity index (χ0n) is 12.6. The molecule has 0 aromatic heterocycles. The van der Waals surface area contributed by atoms with Gasteiger partial charge in [0.1, 0.15) is 6.04 Å². The van der Waals surface area contributed by atoms with E-state index in [0.717, 1.165) is 25.7 Å². The highest BCUT2D eigenvalue weighted by Crippen LogP contribution is 2.10. The van der Waals surface area contributed by atoms with Gasteiger partial charge in [-0.15, -0.1) is 0 Å². The molecule has 0 saturated heterocycles. The van der Waals surface area contributed by atoms with Crippen LogP contribution in [0.3, 0.4) is 0 Å². The second-order valence-electron chi connectivity index (χ2n) is 5.29. The number of amides is 1. The Morgan fingerprint density at radius 3 is 2.16 bits per heavy atom. The molecule has 0 saturated carbocycles. The standard InChI is InChI=1S/C15H29NO3/c1-4-6-7-8-9-10-11-13(17)16-14(15(18)19)12(3)5-2/h12,14H,4-11H2,1-3H3,(H,16,17)(H,18,19)/t12-,14-/m0/s1. The Bertz CT molecular complexity index is 266. The van der Waals surface area contributed by atoms with E-state index in [1.54, 1.807) is 0 Å². The molecule has 0 spiro atoms. The Hall–Kier alpha value is -1.06. The fourth-order valence-electron chi connectivity index (χ4n) is 1.99. The summed E-state index contributed by atoms with van der Waals surface area (Å²) in [5.74, 6) is -1.11. The van der Waals surface area contributed by atoms with Crippen molar-refractivity contribution in [2.45, 2.75) is 78.2 Å². The SMILES string of the molecule is CCCCCCCCC(=O)N[C@H](C(=O)O)[C@@H](C)CC. The molecule has 4 nitrogen and oxygen atoms in total. The lowest BCUT2D eigenvalue weighted by atomic mass is 9.99. The molecule has 0 bridgehead atoms. The molecule has 0 aromatic rings. The Morgan fingerprint density at radius 2 is 1.63 bits per heavy atom. The maximum atomic E-state index is 11.7. The van der Waals surface area contributed by atoms with Crippen LogP contribution >= 0.6 is 0 Å². The van der Waals surface area contributed by atoms with Gasteiger partial charge in [0.15, 0.2) is 0 Å². The molecular formula is C15H29NO3. The van der Waals surface area contributed by atoms with Crippen molar-refractivity contribution in [1.29, 1.82) is 0 Å². The summed E-state index contributed by atoms with van der Waals surface area (Å²) < 4.78 is 0. The smallest absolute Gasteiger partial charge is 0.326 e. The second-order valence-corrected chi connectivity index (χ2v) is 5.29. The Labute approximate surface area is 117 Å². The predicted octanol–water partition coefficient (Wildman–Crippen LogP) is 3.35. The molecule has 0 aliphatic heterocycles. The third kappa shape index (κ3) is 8.62. The molecule has 0 fully saturated rings. The molecule has 0 aliphatic rings. The highest BCUT2D eigenvalue weighted by Gasteiger charge is 2.24. The molecule has 0 aromatic carbocycles. The maximum absolute atomic E-state index is 11.7. The van der Waals surface area contributed by atoms with Crippen LogP contribution in [-0.2, 0) is 9.59 Å². The van der Waals surface area contributed by atoms with E-state index >= 15 is 0 Å². The van der Waals surface area contributed by atoms with Crippen molar-refractivity contribution in [2.24, 2.45) is 5.92 Å². The number of rotatable bonds is 11. The number of carbonyl (C=O) groups excluding carboxylic acids is 1. The lowest BCUT2D eigenvalue weighted by Crippen LogP contribution is -2.44. The van der Waals surface area contributed by atoms with Gasteiger partial charge in [-0.1, -0.05) is 59.3 Å². The largest absolute Gasteiger partial charge is 0.480 e. The van der Waals surface area contributed by atoms with Crippen LogP contribution in [0.25, 0.3) is 0 Å². The van der Waals surface area contributed by atoms with Crippen molar-refractivity contribution in [3.05, 3.63) is 0 Å². The van der Waals surface area contributed by atoms with Crippen molar-refractivity contribution in [2.75, 3.05) is 0 Å². The van der Waals surface area contributed by atoms with Gasteiger partial charge in [-0.25, -0.2) is 4.79 Å². The van der Waals surface area contributed by atoms with Gasteiger partial charge in [0.2, 0.25) is 5.91 Å². The van der Waals surface area contributed by atoms with E-state index in [9.17, 15) is 9.59 Å². The Balaban J connectivity index is 3.85. The minimum absolute atomic E-state index is 0.0361. The summed E-state index contributed by atoms with van der Waals surface area (Å²) >= 11 is 0. The lowest BCUT2D eigenvalue weighted by Gasteiger charge is -2.20. The fraction of sp³-hybridized carbons (Fsp3) is 0.867. The molecule has 2 N–H and O–H groups in total. The first-order chi connectivity index (χ1) is 9.02. The minimum Gasteiger partial charge on any atom is -0.480 e. The van der Waals surface area contributed by atoms with Crippen LogP contribution in [0, 0.1) is 5.92 Å². The highest BCUT2D eigenvalue weighted by atomic mass is 16.4. The van der Waals surface area contributed by atoms with E-state index in [1.165, 1.54) is 19.3 Å². The molecule has 112 valence electrons. The number of hydrogen-bond donors (Lipinski definition) is 2. The average Bonchev–Trinajstić information content (AvgIpc) is 2.38. The van der Waals surface area contributed by atoms with E-state index in [4.69, 9.17) is 5.11 Å². The number of nitrogens with one attached hydrogen (secondary N) is 1. The first kappa shape index (κ1) is 17.9. The molecule has 19 heavy (non-hydrogen) atoms. The quantitative estimate of drug-likeness (QED) is 0.566. The van der Waals surface area contributed by atoms with E-state index in [2.05, 4.69) is 12.2 Å². The van der Waals surface area contributed by atoms with Gasteiger partial charge in [-0.05, 0) is 12.3 Å². The van der Waals surface area contributed by atoms with Gasteiger partial charge in [-0.2, -0.15) is 0 Å². The van der Waals surface area contributed by atoms with Crippen LogP contribution in [0.2, 0.25) is 0 Å². The molecule has 0 unspecified atom stereocenters. The van der Waals surface area contributed by atoms with Gasteiger partial charge < -0.3 is 10.4 Å². The van der Waals surface area contributed by atoms with Crippen LogP contribution in [0.5, 0.6) is 0 Å². The summed E-state index contributed by atoms with van der Waals surface area (Å²) in [6.45, 7) is 5.96. The number of carboxylic acids is 1. The number of hydrogen-bond acceptors (Lipinski definition) is 2. The molecule has 0 radical (unpaired) electrons. The van der Waals surface area contributed by atoms with Crippen LogP contribution in [0.1, 0.15) is 72.1 Å². The Morgan fingerprint density at radius 1 is 1.05 bits per heavy atom. The highest BCUT2D eigenvalue weighted by molar-refractivity contribution is 5.83. The fourth-order valence-corrected chi connectivity index (χ4v) is 1.99. The van der Waals surface area contributed by atoms with E-state index in [-0.39, 0.29) is 11.8 Å². The van der Waals surface area contributed by atoms with Gasteiger partial charge in [-0.3, -0.25) is 4.79 Å².